The lowest BCUT2D eigenvalue weighted by Gasteiger charge is -2.41. The van der Waals surface area contributed by atoms with E-state index in [2.05, 4.69) is 11.8 Å². The Morgan fingerprint density at radius 2 is 1.88 bits per heavy atom. The fraction of sp³-hybridized carbons (Fsp3) is 1.00. The Morgan fingerprint density at radius 1 is 1.12 bits per heavy atom. The molecule has 1 aliphatic heterocycles. The quantitative estimate of drug-likeness (QED) is 0.664. The van der Waals surface area contributed by atoms with Gasteiger partial charge in [0.1, 0.15) is 0 Å². The highest BCUT2D eigenvalue weighted by atomic mass is 16.3. The van der Waals surface area contributed by atoms with E-state index in [4.69, 9.17) is 5.73 Å². The SMILES string of the molecule is CC1CN(C2CCCCCC2N)CCC1O. The van der Waals surface area contributed by atoms with Crippen LogP contribution in [0.1, 0.15) is 45.4 Å². The first-order valence-electron chi connectivity index (χ1n) is 6.86. The second-order valence-corrected chi connectivity index (χ2v) is 5.70. The molecular weight excluding hydrogens is 200 g/mol. The van der Waals surface area contributed by atoms with Crippen LogP contribution in [0.2, 0.25) is 0 Å². The van der Waals surface area contributed by atoms with Crippen molar-refractivity contribution >= 4 is 0 Å². The first kappa shape index (κ1) is 12.3. The molecule has 4 atom stereocenters. The van der Waals surface area contributed by atoms with Gasteiger partial charge < -0.3 is 10.8 Å². The Bertz CT molecular complexity index is 222. The summed E-state index contributed by atoms with van der Waals surface area (Å²) < 4.78 is 0. The smallest absolute Gasteiger partial charge is 0.0590 e. The molecule has 0 radical (unpaired) electrons. The lowest BCUT2D eigenvalue weighted by atomic mass is 9.92. The van der Waals surface area contributed by atoms with Crippen molar-refractivity contribution < 1.29 is 5.11 Å². The fourth-order valence-electron chi connectivity index (χ4n) is 3.24. The molecule has 0 aromatic heterocycles. The van der Waals surface area contributed by atoms with E-state index in [9.17, 15) is 5.11 Å². The minimum absolute atomic E-state index is 0.0988. The van der Waals surface area contributed by atoms with Crippen LogP contribution in [0.25, 0.3) is 0 Å². The molecule has 3 heteroatoms. The largest absolute Gasteiger partial charge is 0.393 e. The number of nitrogens with zero attached hydrogens (tertiary/aromatic N) is 1. The van der Waals surface area contributed by atoms with Crippen molar-refractivity contribution in [2.75, 3.05) is 13.1 Å². The summed E-state index contributed by atoms with van der Waals surface area (Å²) in [5, 5.41) is 9.76. The molecule has 0 spiro atoms. The van der Waals surface area contributed by atoms with E-state index < -0.39 is 0 Å². The summed E-state index contributed by atoms with van der Waals surface area (Å²) in [6.07, 6.45) is 7.22. The van der Waals surface area contributed by atoms with Gasteiger partial charge in [-0.15, -0.1) is 0 Å². The van der Waals surface area contributed by atoms with Crippen molar-refractivity contribution in [3.05, 3.63) is 0 Å². The molecule has 16 heavy (non-hydrogen) atoms. The zero-order valence-corrected chi connectivity index (χ0v) is 10.4. The zero-order valence-electron chi connectivity index (χ0n) is 10.4. The summed E-state index contributed by atoms with van der Waals surface area (Å²) in [4.78, 5) is 2.54. The third-order valence-corrected chi connectivity index (χ3v) is 4.39. The molecule has 2 aliphatic rings. The highest BCUT2D eigenvalue weighted by Gasteiger charge is 2.32. The third kappa shape index (κ3) is 2.76. The number of hydrogen-bond acceptors (Lipinski definition) is 3. The average molecular weight is 226 g/mol. The molecule has 1 aliphatic carbocycles. The van der Waals surface area contributed by atoms with Crippen LogP contribution < -0.4 is 5.73 Å². The molecule has 0 amide bonds. The first-order chi connectivity index (χ1) is 7.68. The minimum atomic E-state index is -0.0988. The Hall–Kier alpha value is -0.120. The van der Waals surface area contributed by atoms with Gasteiger partial charge in [0.05, 0.1) is 6.10 Å². The van der Waals surface area contributed by atoms with Gasteiger partial charge in [-0.3, -0.25) is 4.90 Å². The lowest BCUT2D eigenvalue weighted by molar-refractivity contribution is 0.0107. The van der Waals surface area contributed by atoms with Gasteiger partial charge in [-0.2, -0.15) is 0 Å². The van der Waals surface area contributed by atoms with Gasteiger partial charge in [0.25, 0.3) is 0 Å². The molecular formula is C13H26N2O. The van der Waals surface area contributed by atoms with Crippen LogP contribution in [0.4, 0.5) is 0 Å². The van der Waals surface area contributed by atoms with Crippen LogP contribution in [0.5, 0.6) is 0 Å². The van der Waals surface area contributed by atoms with Gasteiger partial charge >= 0.3 is 0 Å². The van der Waals surface area contributed by atoms with E-state index in [0.717, 1.165) is 19.5 Å². The van der Waals surface area contributed by atoms with Gasteiger partial charge in [0.15, 0.2) is 0 Å². The van der Waals surface area contributed by atoms with Crippen molar-refractivity contribution in [3.63, 3.8) is 0 Å². The van der Waals surface area contributed by atoms with Gasteiger partial charge in [0, 0.05) is 25.2 Å². The Balaban J connectivity index is 1.94. The Kier molecular flexibility index (Phi) is 4.22. The van der Waals surface area contributed by atoms with Gasteiger partial charge in [-0.1, -0.05) is 26.2 Å². The molecule has 4 unspecified atom stereocenters. The highest BCUT2D eigenvalue weighted by Crippen LogP contribution is 2.26. The van der Waals surface area contributed by atoms with Crippen LogP contribution in [0, 0.1) is 5.92 Å². The van der Waals surface area contributed by atoms with E-state index in [0.29, 0.717) is 18.0 Å². The highest BCUT2D eigenvalue weighted by molar-refractivity contribution is 4.88. The van der Waals surface area contributed by atoms with E-state index >= 15 is 0 Å². The number of aliphatic hydroxyl groups is 1. The monoisotopic (exact) mass is 226 g/mol. The topological polar surface area (TPSA) is 49.5 Å². The van der Waals surface area contributed by atoms with Crippen LogP contribution in [0.3, 0.4) is 0 Å². The van der Waals surface area contributed by atoms with E-state index in [-0.39, 0.29) is 6.10 Å². The Morgan fingerprint density at radius 3 is 2.62 bits per heavy atom. The van der Waals surface area contributed by atoms with E-state index in [1.165, 1.54) is 32.1 Å². The van der Waals surface area contributed by atoms with Crippen LogP contribution in [-0.2, 0) is 0 Å². The average Bonchev–Trinajstić information content (AvgIpc) is 2.47. The second kappa shape index (κ2) is 5.48. The third-order valence-electron chi connectivity index (χ3n) is 4.39. The molecule has 3 nitrogen and oxygen atoms in total. The van der Waals surface area contributed by atoms with Gasteiger partial charge in [-0.25, -0.2) is 0 Å². The molecule has 3 N–H and O–H groups in total. The van der Waals surface area contributed by atoms with Crippen molar-refractivity contribution in [2.24, 2.45) is 11.7 Å². The maximum Gasteiger partial charge on any atom is 0.0590 e. The number of nitrogens with two attached hydrogens (primary N) is 1. The maximum atomic E-state index is 9.76. The molecule has 1 heterocycles. The van der Waals surface area contributed by atoms with Crippen LogP contribution in [-0.4, -0.2) is 41.3 Å². The number of piperidine rings is 1. The van der Waals surface area contributed by atoms with Crippen LogP contribution >= 0.6 is 0 Å². The van der Waals surface area contributed by atoms with Crippen molar-refractivity contribution in [3.8, 4) is 0 Å². The molecule has 2 rings (SSSR count). The molecule has 94 valence electrons. The van der Waals surface area contributed by atoms with Crippen molar-refractivity contribution in [1.29, 1.82) is 0 Å². The zero-order chi connectivity index (χ0) is 11.5. The summed E-state index contributed by atoms with van der Waals surface area (Å²) in [5.74, 6) is 0.407. The van der Waals surface area contributed by atoms with Crippen molar-refractivity contribution in [2.45, 2.75) is 63.6 Å². The van der Waals surface area contributed by atoms with E-state index in [1.54, 1.807) is 0 Å². The van der Waals surface area contributed by atoms with Gasteiger partial charge in [0.2, 0.25) is 0 Å². The number of hydrogen-bond donors (Lipinski definition) is 2. The van der Waals surface area contributed by atoms with E-state index in [1.807, 2.05) is 0 Å². The number of rotatable bonds is 1. The summed E-state index contributed by atoms with van der Waals surface area (Å²) >= 11 is 0. The molecule has 0 aromatic carbocycles. The molecule has 2 fully saturated rings. The normalized spacial score (nSPS) is 42.9. The van der Waals surface area contributed by atoms with Crippen molar-refractivity contribution in [1.82, 2.24) is 4.90 Å². The predicted octanol–water partition coefficient (Wildman–Crippen LogP) is 1.35. The van der Waals surface area contributed by atoms with Crippen LogP contribution in [0.15, 0.2) is 0 Å². The molecule has 1 saturated heterocycles. The molecule has 0 aromatic rings. The summed E-state index contributed by atoms with van der Waals surface area (Å²) in [6.45, 7) is 4.21. The predicted molar refractivity (Wildman–Crippen MR) is 66.2 cm³/mol. The number of likely N-dealkylation sites (tertiary alicyclic amines) is 1. The first-order valence-corrected chi connectivity index (χ1v) is 6.86. The summed E-state index contributed by atoms with van der Waals surface area (Å²) in [5.41, 5.74) is 6.29. The molecule has 0 bridgehead atoms. The van der Waals surface area contributed by atoms with Gasteiger partial charge in [-0.05, 0) is 25.2 Å². The summed E-state index contributed by atoms with van der Waals surface area (Å²) in [6, 6.07) is 0.919. The molecule has 1 saturated carbocycles. The maximum absolute atomic E-state index is 9.76. The summed E-state index contributed by atoms with van der Waals surface area (Å²) in [7, 11) is 0. The number of aliphatic hydroxyl groups excluding tert-OH is 1. The standard InChI is InChI=1S/C13H26N2O/c1-10-9-15(8-7-13(10)16)12-6-4-2-3-5-11(12)14/h10-13,16H,2-9,14H2,1H3. The minimum Gasteiger partial charge on any atom is -0.393 e. The fourth-order valence-corrected chi connectivity index (χ4v) is 3.24. The lowest BCUT2D eigenvalue weighted by Crippen LogP contribution is -2.53. The second-order valence-electron chi connectivity index (χ2n) is 5.70. The Labute approximate surface area is 99.0 Å².